The summed E-state index contributed by atoms with van der Waals surface area (Å²) < 4.78 is 5.24. The number of hydrogen-bond acceptors (Lipinski definition) is 4. The van der Waals surface area contributed by atoms with Gasteiger partial charge in [-0.05, 0) is 68.8 Å². The fourth-order valence-corrected chi connectivity index (χ4v) is 3.15. The number of pyridine rings is 1. The first-order chi connectivity index (χ1) is 13.3. The number of methoxy groups -OCH3 is 1. The SMILES string of the molecule is COc1ccc2cc(CN(CCCN(C)C)C(=S)NCC(C)C)c(=O)[nH]c2c1. The third-order valence-corrected chi connectivity index (χ3v) is 4.88. The van der Waals surface area contributed by atoms with Crippen molar-refractivity contribution in [3.63, 3.8) is 0 Å². The third-order valence-electron chi connectivity index (χ3n) is 4.47. The third kappa shape index (κ3) is 6.49. The Kier molecular flexibility index (Phi) is 8.26. The number of H-pyrrole nitrogens is 1. The van der Waals surface area contributed by atoms with Gasteiger partial charge in [-0.1, -0.05) is 13.8 Å². The highest BCUT2D eigenvalue weighted by molar-refractivity contribution is 7.80. The van der Waals surface area contributed by atoms with Crippen LogP contribution in [0.2, 0.25) is 0 Å². The van der Waals surface area contributed by atoms with Crippen molar-refractivity contribution in [2.45, 2.75) is 26.8 Å². The number of aromatic amines is 1. The van der Waals surface area contributed by atoms with E-state index < -0.39 is 0 Å². The second-order valence-corrected chi connectivity index (χ2v) is 8.12. The highest BCUT2D eigenvalue weighted by atomic mass is 32.1. The molecular formula is C21H32N4O2S. The molecule has 0 radical (unpaired) electrons. The molecule has 0 amide bonds. The Morgan fingerprint density at radius 2 is 2.00 bits per heavy atom. The monoisotopic (exact) mass is 404 g/mol. The van der Waals surface area contributed by atoms with Gasteiger partial charge in [0.1, 0.15) is 5.75 Å². The number of thiocarbonyl (C=S) groups is 1. The first-order valence-corrected chi connectivity index (χ1v) is 10.1. The zero-order valence-electron chi connectivity index (χ0n) is 17.5. The number of ether oxygens (including phenoxy) is 1. The van der Waals surface area contributed by atoms with Gasteiger partial charge < -0.3 is 24.8 Å². The summed E-state index contributed by atoms with van der Waals surface area (Å²) in [6.07, 6.45) is 0.971. The standard InChI is InChI=1S/C21H32N4O2S/c1-15(2)13-22-21(28)25(10-6-9-24(3)4)14-17-11-16-7-8-18(27-5)12-19(16)23-20(17)26/h7-8,11-12,15H,6,9-10,13-14H2,1-5H3,(H,22,28)(H,23,26). The van der Waals surface area contributed by atoms with Crippen molar-refractivity contribution in [3.8, 4) is 5.75 Å². The molecule has 2 N–H and O–H groups in total. The quantitative estimate of drug-likeness (QED) is 0.627. The first-order valence-electron chi connectivity index (χ1n) is 9.67. The molecule has 1 heterocycles. The van der Waals surface area contributed by atoms with E-state index in [1.165, 1.54) is 0 Å². The lowest BCUT2D eigenvalue weighted by Crippen LogP contribution is -2.42. The van der Waals surface area contributed by atoms with Crippen LogP contribution in [0.3, 0.4) is 0 Å². The van der Waals surface area contributed by atoms with Gasteiger partial charge in [0.25, 0.3) is 5.56 Å². The molecular weight excluding hydrogens is 372 g/mol. The molecule has 0 aliphatic rings. The Labute approximate surface area is 172 Å². The van der Waals surface area contributed by atoms with Crippen molar-refractivity contribution in [3.05, 3.63) is 40.2 Å². The van der Waals surface area contributed by atoms with Crippen molar-refractivity contribution in [2.75, 3.05) is 40.8 Å². The Balaban J connectivity index is 2.22. The van der Waals surface area contributed by atoms with Gasteiger partial charge >= 0.3 is 0 Å². The van der Waals surface area contributed by atoms with E-state index in [1.807, 2.05) is 24.3 Å². The maximum Gasteiger partial charge on any atom is 0.253 e. The number of benzene rings is 1. The van der Waals surface area contributed by atoms with Gasteiger partial charge in [-0.3, -0.25) is 4.79 Å². The fraction of sp³-hybridized carbons (Fsp3) is 0.524. The van der Waals surface area contributed by atoms with E-state index in [0.717, 1.165) is 42.7 Å². The van der Waals surface area contributed by atoms with E-state index in [1.54, 1.807) is 7.11 Å². The lowest BCUT2D eigenvalue weighted by atomic mass is 10.1. The van der Waals surface area contributed by atoms with Crippen LogP contribution in [0.1, 0.15) is 25.8 Å². The van der Waals surface area contributed by atoms with Crippen LogP contribution in [0.15, 0.2) is 29.1 Å². The average molecular weight is 405 g/mol. The van der Waals surface area contributed by atoms with Gasteiger partial charge in [-0.25, -0.2) is 0 Å². The highest BCUT2D eigenvalue weighted by Crippen LogP contribution is 2.19. The largest absolute Gasteiger partial charge is 0.497 e. The molecule has 2 aromatic rings. The molecule has 1 aromatic carbocycles. The van der Waals surface area contributed by atoms with Gasteiger partial charge in [0.15, 0.2) is 5.11 Å². The van der Waals surface area contributed by atoms with Crippen molar-refractivity contribution in [1.82, 2.24) is 20.1 Å². The van der Waals surface area contributed by atoms with Crippen LogP contribution >= 0.6 is 12.2 Å². The molecule has 6 nitrogen and oxygen atoms in total. The molecule has 0 saturated carbocycles. The molecule has 0 bridgehead atoms. The molecule has 0 unspecified atom stereocenters. The summed E-state index contributed by atoms with van der Waals surface area (Å²) in [5.74, 6) is 1.22. The summed E-state index contributed by atoms with van der Waals surface area (Å²) in [6, 6.07) is 7.63. The molecule has 0 spiro atoms. The van der Waals surface area contributed by atoms with E-state index in [2.05, 4.69) is 48.0 Å². The van der Waals surface area contributed by atoms with Crippen LogP contribution < -0.4 is 15.6 Å². The fourth-order valence-electron chi connectivity index (χ4n) is 2.91. The summed E-state index contributed by atoms with van der Waals surface area (Å²) in [5, 5.41) is 5.00. The summed E-state index contributed by atoms with van der Waals surface area (Å²) in [4.78, 5) is 19.8. The Bertz CT molecular complexity index is 848. The van der Waals surface area contributed by atoms with Crippen molar-refractivity contribution in [2.24, 2.45) is 5.92 Å². The molecule has 0 aliphatic heterocycles. The minimum atomic E-state index is -0.0926. The van der Waals surface area contributed by atoms with Crippen molar-refractivity contribution in [1.29, 1.82) is 0 Å². The number of hydrogen-bond donors (Lipinski definition) is 2. The Hall–Kier alpha value is -2.12. The van der Waals surface area contributed by atoms with Gasteiger partial charge in [-0.2, -0.15) is 0 Å². The first kappa shape index (κ1) is 22.2. The van der Waals surface area contributed by atoms with Crippen LogP contribution in [0.25, 0.3) is 10.9 Å². The summed E-state index contributed by atoms with van der Waals surface area (Å²) in [6.45, 7) is 7.35. The predicted molar refractivity (Wildman–Crippen MR) is 120 cm³/mol. The maximum absolute atomic E-state index is 12.6. The summed E-state index contributed by atoms with van der Waals surface area (Å²) >= 11 is 5.62. The maximum atomic E-state index is 12.6. The molecule has 7 heteroatoms. The Morgan fingerprint density at radius 3 is 2.64 bits per heavy atom. The molecule has 0 atom stereocenters. The lowest BCUT2D eigenvalue weighted by Gasteiger charge is -2.27. The number of rotatable bonds is 9. The molecule has 154 valence electrons. The summed E-state index contributed by atoms with van der Waals surface area (Å²) in [7, 11) is 5.73. The second kappa shape index (κ2) is 10.4. The van der Waals surface area contributed by atoms with Crippen LogP contribution in [-0.2, 0) is 6.54 Å². The Morgan fingerprint density at radius 1 is 1.25 bits per heavy atom. The molecule has 1 aromatic heterocycles. The van der Waals surface area contributed by atoms with Crippen LogP contribution in [-0.4, -0.2) is 60.7 Å². The van der Waals surface area contributed by atoms with Gasteiger partial charge in [0, 0.05) is 24.7 Å². The average Bonchev–Trinajstić information content (AvgIpc) is 2.64. The lowest BCUT2D eigenvalue weighted by molar-refractivity contribution is 0.339. The van der Waals surface area contributed by atoms with E-state index in [0.29, 0.717) is 23.1 Å². The zero-order chi connectivity index (χ0) is 20.7. The minimum Gasteiger partial charge on any atom is -0.497 e. The van der Waals surface area contributed by atoms with Gasteiger partial charge in [0.05, 0.1) is 19.2 Å². The zero-order valence-corrected chi connectivity index (χ0v) is 18.4. The van der Waals surface area contributed by atoms with Crippen LogP contribution in [0, 0.1) is 5.92 Å². The molecule has 0 fully saturated rings. The summed E-state index contributed by atoms with van der Waals surface area (Å²) in [5.41, 5.74) is 1.38. The van der Waals surface area contributed by atoms with Gasteiger partial charge in [-0.15, -0.1) is 0 Å². The van der Waals surface area contributed by atoms with E-state index in [9.17, 15) is 4.79 Å². The molecule has 0 aliphatic carbocycles. The van der Waals surface area contributed by atoms with Gasteiger partial charge in [0.2, 0.25) is 0 Å². The molecule has 2 rings (SSSR count). The number of aromatic nitrogens is 1. The number of fused-ring (bicyclic) bond motifs is 1. The topological polar surface area (TPSA) is 60.6 Å². The normalized spacial score (nSPS) is 11.2. The molecule has 0 saturated heterocycles. The van der Waals surface area contributed by atoms with E-state index in [-0.39, 0.29) is 5.56 Å². The highest BCUT2D eigenvalue weighted by Gasteiger charge is 2.14. The van der Waals surface area contributed by atoms with E-state index in [4.69, 9.17) is 17.0 Å². The molecule has 28 heavy (non-hydrogen) atoms. The van der Waals surface area contributed by atoms with Crippen molar-refractivity contribution < 1.29 is 4.74 Å². The van der Waals surface area contributed by atoms with Crippen LogP contribution in [0.5, 0.6) is 5.75 Å². The smallest absolute Gasteiger partial charge is 0.253 e. The van der Waals surface area contributed by atoms with E-state index >= 15 is 0 Å². The number of nitrogens with zero attached hydrogens (tertiary/aromatic N) is 2. The second-order valence-electron chi connectivity index (χ2n) is 7.74. The minimum absolute atomic E-state index is 0.0926. The van der Waals surface area contributed by atoms with Crippen molar-refractivity contribution >= 4 is 28.2 Å². The predicted octanol–water partition coefficient (Wildman–Crippen LogP) is 2.82. The van der Waals surface area contributed by atoms with Crippen LogP contribution in [0.4, 0.5) is 0 Å². The number of nitrogens with one attached hydrogen (secondary N) is 2.